The standard InChI is InChI=1S/C24H33N3O4S/c1-16-21(23(29)31-14-13-30-3)22(26-24(32)27(16)2)18-9-6-10-19(15-18)25-20(28)12-11-17-7-4-5-8-17/h6,9-10,15,17,22H,4-5,7-8,11-14H2,1-3H3,(H,25,28)(H,26,32)/t22-/m0/s1. The zero-order valence-electron chi connectivity index (χ0n) is 19.1. The van der Waals surface area contributed by atoms with E-state index >= 15 is 0 Å². The fraction of sp³-hybridized carbons (Fsp3) is 0.542. The van der Waals surface area contributed by atoms with Gasteiger partial charge in [-0.3, -0.25) is 4.79 Å². The molecule has 174 valence electrons. The number of esters is 1. The highest BCUT2D eigenvalue weighted by atomic mass is 32.1. The van der Waals surface area contributed by atoms with Crippen LogP contribution in [0.5, 0.6) is 0 Å². The van der Waals surface area contributed by atoms with E-state index in [9.17, 15) is 9.59 Å². The molecule has 32 heavy (non-hydrogen) atoms. The number of ether oxygens (including phenoxy) is 2. The van der Waals surface area contributed by atoms with Gasteiger partial charge in [0.2, 0.25) is 5.91 Å². The van der Waals surface area contributed by atoms with Crippen LogP contribution in [0.2, 0.25) is 0 Å². The zero-order valence-corrected chi connectivity index (χ0v) is 19.9. The maximum atomic E-state index is 12.9. The third-order valence-corrected chi connectivity index (χ3v) is 6.64. The second-order valence-electron chi connectivity index (χ2n) is 8.43. The fourth-order valence-electron chi connectivity index (χ4n) is 4.30. The largest absolute Gasteiger partial charge is 0.460 e. The Morgan fingerprint density at radius 1 is 1.25 bits per heavy atom. The summed E-state index contributed by atoms with van der Waals surface area (Å²) < 4.78 is 10.4. The molecule has 1 aliphatic heterocycles. The molecule has 0 spiro atoms. The molecule has 0 bridgehead atoms. The van der Waals surface area contributed by atoms with Gasteiger partial charge in [0.15, 0.2) is 5.11 Å². The summed E-state index contributed by atoms with van der Waals surface area (Å²) in [6, 6.07) is 7.06. The Bertz CT molecular complexity index is 880. The van der Waals surface area contributed by atoms with Crippen molar-refractivity contribution in [1.29, 1.82) is 0 Å². The molecule has 1 aromatic carbocycles. The number of nitrogens with one attached hydrogen (secondary N) is 2. The number of methoxy groups -OCH3 is 1. The number of allylic oxidation sites excluding steroid dienone is 1. The molecule has 1 heterocycles. The van der Waals surface area contributed by atoms with Gasteiger partial charge in [0, 0.05) is 32.0 Å². The Hall–Kier alpha value is -2.45. The van der Waals surface area contributed by atoms with E-state index in [0.29, 0.717) is 35.3 Å². The van der Waals surface area contributed by atoms with E-state index in [4.69, 9.17) is 21.7 Å². The van der Waals surface area contributed by atoms with E-state index in [2.05, 4.69) is 10.6 Å². The number of benzene rings is 1. The first-order valence-electron chi connectivity index (χ1n) is 11.2. The number of amides is 1. The number of hydrogen-bond acceptors (Lipinski definition) is 5. The molecule has 1 aromatic rings. The summed E-state index contributed by atoms with van der Waals surface area (Å²) in [4.78, 5) is 27.1. The summed E-state index contributed by atoms with van der Waals surface area (Å²) in [6.07, 6.45) is 6.50. The molecule has 1 saturated carbocycles. The lowest BCUT2D eigenvalue weighted by molar-refractivity contribution is -0.140. The Morgan fingerprint density at radius 2 is 2.00 bits per heavy atom. The van der Waals surface area contributed by atoms with E-state index in [1.165, 1.54) is 25.7 Å². The van der Waals surface area contributed by atoms with Crippen LogP contribution in [0.25, 0.3) is 0 Å². The van der Waals surface area contributed by atoms with Crippen molar-refractivity contribution in [3.63, 3.8) is 0 Å². The Morgan fingerprint density at radius 3 is 2.72 bits per heavy atom. The van der Waals surface area contributed by atoms with Crippen LogP contribution < -0.4 is 10.6 Å². The van der Waals surface area contributed by atoms with Crippen molar-refractivity contribution >= 4 is 34.9 Å². The monoisotopic (exact) mass is 459 g/mol. The first-order chi connectivity index (χ1) is 15.4. The van der Waals surface area contributed by atoms with Crippen molar-refractivity contribution in [2.45, 2.75) is 51.5 Å². The van der Waals surface area contributed by atoms with Crippen LogP contribution in [0.1, 0.15) is 57.1 Å². The third-order valence-electron chi connectivity index (χ3n) is 6.25. The van der Waals surface area contributed by atoms with Crippen molar-refractivity contribution in [1.82, 2.24) is 10.2 Å². The van der Waals surface area contributed by atoms with Gasteiger partial charge in [-0.1, -0.05) is 37.8 Å². The summed E-state index contributed by atoms with van der Waals surface area (Å²) >= 11 is 5.46. The quantitative estimate of drug-likeness (QED) is 0.329. The van der Waals surface area contributed by atoms with Gasteiger partial charge in [0.1, 0.15) is 6.61 Å². The van der Waals surface area contributed by atoms with Crippen LogP contribution in [-0.2, 0) is 19.1 Å². The van der Waals surface area contributed by atoms with Gasteiger partial charge in [0.25, 0.3) is 0 Å². The molecule has 0 saturated heterocycles. The van der Waals surface area contributed by atoms with Gasteiger partial charge < -0.3 is 25.0 Å². The average molecular weight is 460 g/mol. The summed E-state index contributed by atoms with van der Waals surface area (Å²) in [5, 5.41) is 6.76. The maximum absolute atomic E-state index is 12.9. The van der Waals surface area contributed by atoms with Crippen LogP contribution in [0, 0.1) is 5.92 Å². The Labute approximate surface area is 195 Å². The van der Waals surface area contributed by atoms with Crippen LogP contribution >= 0.6 is 12.2 Å². The minimum absolute atomic E-state index is 0.0202. The summed E-state index contributed by atoms with van der Waals surface area (Å²) in [7, 11) is 3.37. The van der Waals surface area contributed by atoms with Crippen molar-refractivity contribution in [2.24, 2.45) is 5.92 Å². The number of carbonyl (C=O) groups excluding carboxylic acids is 2. The number of anilines is 1. The zero-order chi connectivity index (χ0) is 23.1. The van der Waals surface area contributed by atoms with Crippen LogP contribution in [0.15, 0.2) is 35.5 Å². The second-order valence-corrected chi connectivity index (χ2v) is 8.82. The van der Waals surface area contributed by atoms with E-state index in [-0.39, 0.29) is 12.5 Å². The van der Waals surface area contributed by atoms with Crippen LogP contribution in [-0.4, -0.2) is 49.3 Å². The predicted octanol–water partition coefficient (Wildman–Crippen LogP) is 3.92. The maximum Gasteiger partial charge on any atom is 0.338 e. The van der Waals surface area contributed by atoms with Gasteiger partial charge in [-0.2, -0.15) is 0 Å². The minimum Gasteiger partial charge on any atom is -0.460 e. The molecule has 7 nitrogen and oxygen atoms in total. The van der Waals surface area contributed by atoms with Crippen molar-refractivity contribution in [3.8, 4) is 0 Å². The van der Waals surface area contributed by atoms with E-state index in [1.54, 1.807) is 12.0 Å². The van der Waals surface area contributed by atoms with Crippen LogP contribution in [0.4, 0.5) is 5.69 Å². The molecule has 8 heteroatoms. The number of thiocarbonyl (C=S) groups is 1. The van der Waals surface area contributed by atoms with E-state index in [0.717, 1.165) is 17.7 Å². The molecule has 1 atom stereocenters. The topological polar surface area (TPSA) is 79.9 Å². The van der Waals surface area contributed by atoms with Gasteiger partial charge in [-0.05, 0) is 49.2 Å². The average Bonchev–Trinajstić information content (AvgIpc) is 3.30. The number of nitrogens with zero attached hydrogens (tertiary/aromatic N) is 1. The predicted molar refractivity (Wildman–Crippen MR) is 128 cm³/mol. The van der Waals surface area contributed by atoms with Gasteiger partial charge in [-0.25, -0.2) is 4.79 Å². The molecular formula is C24H33N3O4S. The van der Waals surface area contributed by atoms with Gasteiger partial charge in [-0.15, -0.1) is 0 Å². The molecule has 2 N–H and O–H groups in total. The lowest BCUT2D eigenvalue weighted by atomic mass is 9.94. The lowest BCUT2D eigenvalue weighted by Crippen LogP contribution is -2.46. The van der Waals surface area contributed by atoms with Crippen molar-refractivity contribution in [2.75, 3.05) is 32.7 Å². The molecule has 1 fully saturated rings. The first-order valence-corrected chi connectivity index (χ1v) is 11.6. The molecule has 0 aromatic heterocycles. The number of hydrogen-bond donors (Lipinski definition) is 2. The first kappa shape index (κ1) is 24.2. The summed E-state index contributed by atoms with van der Waals surface area (Å²) in [5.74, 6) is 0.278. The molecule has 0 unspecified atom stereocenters. The molecule has 1 amide bonds. The van der Waals surface area contributed by atoms with Crippen LogP contribution in [0.3, 0.4) is 0 Å². The summed E-state index contributed by atoms with van der Waals surface area (Å²) in [5.41, 5.74) is 2.75. The highest BCUT2D eigenvalue weighted by Gasteiger charge is 2.33. The molecule has 2 aliphatic rings. The van der Waals surface area contributed by atoms with Crippen molar-refractivity contribution in [3.05, 3.63) is 41.1 Å². The molecular weight excluding hydrogens is 426 g/mol. The summed E-state index contributed by atoms with van der Waals surface area (Å²) in [6.45, 7) is 2.35. The van der Waals surface area contributed by atoms with E-state index in [1.807, 2.05) is 38.2 Å². The van der Waals surface area contributed by atoms with Gasteiger partial charge >= 0.3 is 5.97 Å². The van der Waals surface area contributed by atoms with Crippen molar-refractivity contribution < 1.29 is 19.1 Å². The number of rotatable bonds is 9. The third kappa shape index (κ3) is 6.07. The lowest BCUT2D eigenvalue weighted by Gasteiger charge is -2.35. The molecule has 0 radical (unpaired) electrons. The minimum atomic E-state index is -0.468. The van der Waals surface area contributed by atoms with Gasteiger partial charge in [0.05, 0.1) is 18.2 Å². The smallest absolute Gasteiger partial charge is 0.338 e. The second kappa shape index (κ2) is 11.4. The highest BCUT2D eigenvalue weighted by Crippen LogP contribution is 2.32. The van der Waals surface area contributed by atoms with E-state index < -0.39 is 12.0 Å². The highest BCUT2D eigenvalue weighted by molar-refractivity contribution is 7.80. The SMILES string of the molecule is COCCOC(=O)C1=C(C)N(C)C(=S)N[C@H]1c1cccc(NC(=O)CCC2CCCC2)c1. The molecule has 3 rings (SSSR count). The Balaban J connectivity index is 1.74. The normalized spacial score (nSPS) is 19.2. The number of carbonyl (C=O) groups is 2. The Kier molecular flexibility index (Phi) is 8.64. The fourth-order valence-corrected chi connectivity index (χ4v) is 4.55. The molecule has 1 aliphatic carbocycles.